The van der Waals surface area contributed by atoms with Crippen molar-refractivity contribution in [2.24, 2.45) is 0 Å². The first-order valence-electron chi connectivity index (χ1n) is 28.0. The highest BCUT2D eigenvalue weighted by atomic mass is 32.1. The number of thiazole rings is 4. The molecule has 8 aromatic carbocycles. The highest BCUT2D eigenvalue weighted by Gasteiger charge is 2.52. The fourth-order valence-corrected chi connectivity index (χ4v) is 20.1. The molecule has 6 aromatic heterocycles. The Bertz CT molecular complexity index is 5270. The lowest BCUT2D eigenvalue weighted by molar-refractivity contribution is 0.104. The predicted octanol–water partition coefficient (Wildman–Crippen LogP) is 19.6. The molecule has 0 atom stereocenters. The molecule has 0 spiro atoms. The first-order chi connectivity index (χ1) is 42.0. The molecule has 14 aromatic rings. The number of aryl methyl sites for hydroxylation is 4. The van der Waals surface area contributed by atoms with Crippen LogP contribution in [0.1, 0.15) is 87.7 Å². The van der Waals surface area contributed by atoms with Gasteiger partial charge >= 0.3 is 0 Å². The van der Waals surface area contributed by atoms with E-state index in [0.29, 0.717) is 27.3 Å². The van der Waals surface area contributed by atoms with Crippen molar-refractivity contribution < 1.29 is 4.79 Å². The smallest absolute Gasteiger partial charge is 0.194 e. The van der Waals surface area contributed by atoms with Crippen molar-refractivity contribution in [1.82, 2.24) is 19.9 Å². The van der Waals surface area contributed by atoms with Crippen molar-refractivity contribution in [1.29, 1.82) is 10.5 Å². The first-order valence-corrected chi connectivity index (χ1v) is 33.0. The number of carbonyl (C=O) groups excluding carboxylic acids is 1. The van der Waals surface area contributed by atoms with Crippen LogP contribution in [-0.2, 0) is 10.8 Å². The van der Waals surface area contributed by atoms with E-state index in [1.54, 1.807) is 58.3 Å². The van der Waals surface area contributed by atoms with E-state index >= 15 is 0 Å². The highest BCUT2D eigenvalue weighted by molar-refractivity contribution is 7.32. The van der Waals surface area contributed by atoms with Crippen molar-refractivity contribution >= 4 is 125 Å². The van der Waals surface area contributed by atoms with Gasteiger partial charge in [0.05, 0.1) is 26.1 Å². The van der Waals surface area contributed by atoms with Crippen LogP contribution in [-0.4, -0.2) is 25.7 Å². The van der Waals surface area contributed by atoms with E-state index in [4.69, 9.17) is 15.0 Å². The molecule has 6 heterocycles. The molecule has 0 aliphatic heterocycles. The van der Waals surface area contributed by atoms with Gasteiger partial charge in [-0.3, -0.25) is 4.79 Å². The summed E-state index contributed by atoms with van der Waals surface area (Å²) in [7, 11) is 0. The molecule has 406 valence electrons. The van der Waals surface area contributed by atoms with Crippen LogP contribution in [0.15, 0.2) is 187 Å². The summed E-state index contributed by atoms with van der Waals surface area (Å²) >= 11 is 9.82. The number of Topliss-reactive ketones (excluding diaryl/α,β-unsaturated/α-hetero) is 1. The van der Waals surface area contributed by atoms with Gasteiger partial charge in [0.1, 0.15) is 32.7 Å². The predicted molar refractivity (Wildman–Crippen MR) is 356 cm³/mol. The maximum atomic E-state index is 13.9. The summed E-state index contributed by atoms with van der Waals surface area (Å²) in [5.41, 5.74) is 21.7. The Labute approximate surface area is 518 Å². The highest BCUT2D eigenvalue weighted by Crippen LogP contribution is 2.65. The van der Waals surface area contributed by atoms with E-state index in [9.17, 15) is 15.3 Å². The zero-order chi connectivity index (χ0) is 57.9. The minimum Gasteiger partial charge on any atom is -0.289 e. The fourth-order valence-electron chi connectivity index (χ4n) is 13.8. The third kappa shape index (κ3) is 7.22. The minimum absolute atomic E-state index is 0.104. The van der Waals surface area contributed by atoms with Crippen molar-refractivity contribution in [3.8, 4) is 54.2 Å². The molecule has 86 heavy (non-hydrogen) atoms. The van der Waals surface area contributed by atoms with Gasteiger partial charge < -0.3 is 0 Å². The van der Waals surface area contributed by atoms with Gasteiger partial charge in [0.2, 0.25) is 0 Å². The third-order valence-corrected chi connectivity index (χ3v) is 24.1. The van der Waals surface area contributed by atoms with Crippen LogP contribution in [0.2, 0.25) is 0 Å². The Hall–Kier alpha value is -9.15. The van der Waals surface area contributed by atoms with Gasteiger partial charge in [0, 0.05) is 37.2 Å². The molecule has 0 bridgehead atoms. The lowest BCUT2D eigenvalue weighted by atomic mass is 9.65. The normalized spacial score (nSPS) is 14.7. The monoisotopic (exact) mass is 1210 g/mol. The molecule has 3 aliphatic carbocycles. The fraction of sp³-hybridized carbons (Fsp3) is 0.0822. The summed E-state index contributed by atoms with van der Waals surface area (Å²) in [4.78, 5) is 39.6. The van der Waals surface area contributed by atoms with Crippen LogP contribution in [0.3, 0.4) is 0 Å². The zero-order valence-corrected chi connectivity index (χ0v) is 51.3. The van der Waals surface area contributed by atoms with E-state index < -0.39 is 10.8 Å². The van der Waals surface area contributed by atoms with Crippen LogP contribution in [0.25, 0.3) is 93.2 Å². The Morgan fingerprint density at radius 1 is 0.465 bits per heavy atom. The van der Waals surface area contributed by atoms with Gasteiger partial charge in [-0.05, 0) is 130 Å². The molecule has 0 saturated heterocycles. The average Bonchev–Trinajstić information content (AvgIpc) is 1.58. The molecule has 0 unspecified atom stereocenters. The number of hydrogen-bond acceptors (Lipinski definition) is 13. The van der Waals surface area contributed by atoms with Crippen molar-refractivity contribution in [3.05, 3.63) is 269 Å². The van der Waals surface area contributed by atoms with Crippen LogP contribution in [0.5, 0.6) is 0 Å². The summed E-state index contributed by atoms with van der Waals surface area (Å²) in [5.74, 6) is -0.233. The summed E-state index contributed by atoms with van der Waals surface area (Å²) in [5, 5.41) is 24.7. The van der Waals surface area contributed by atoms with Crippen LogP contribution in [0.4, 0.5) is 0 Å². The second-order valence-corrected chi connectivity index (χ2v) is 28.4. The number of nitriles is 2. The van der Waals surface area contributed by atoms with E-state index in [1.165, 1.54) is 126 Å². The first kappa shape index (κ1) is 51.3. The number of aromatic nitrogens is 4. The van der Waals surface area contributed by atoms with Crippen LogP contribution in [0, 0.1) is 50.4 Å². The summed E-state index contributed by atoms with van der Waals surface area (Å²) in [6.07, 6.45) is 1.71. The van der Waals surface area contributed by atoms with Crippen molar-refractivity contribution in [2.45, 2.75) is 38.5 Å². The molecule has 17 rings (SSSR count). The lowest BCUT2D eigenvalue weighted by Gasteiger charge is -2.35. The maximum absolute atomic E-state index is 13.9. The standard InChI is InChI=1S/C73H42N6OS6/c1-37-9-19-44(20-10-37)72(45-21-11-38(2)12-22-45)53-27-17-41-29-57(66-78-69-68(85-66)76-36-81-69)82-64(41)61(53)50-31-56-51(32-55(50)72)62-54(73(56,46-23-13-39(3)14-24-46)47-25-15-40(4)16-26-47)28-18-42-30-58(83-65(42)62)67-79-71-70(86-67)77-59(84-71)33-52-60(43(34-74)35-75)48-7-5-6-8-49(48)63(52)80/h5-33,36H,1-4H3/b52-33-. The average molecular weight is 1210 g/mol. The summed E-state index contributed by atoms with van der Waals surface area (Å²) in [6, 6.07) is 67.4. The molecule has 0 N–H and O–H groups in total. The molecule has 0 saturated carbocycles. The lowest BCUT2D eigenvalue weighted by Crippen LogP contribution is -2.30. The molecule has 0 amide bonds. The number of benzene rings is 8. The van der Waals surface area contributed by atoms with Crippen LogP contribution < -0.4 is 0 Å². The van der Waals surface area contributed by atoms with Crippen molar-refractivity contribution in [2.75, 3.05) is 0 Å². The molecule has 13 heteroatoms. The number of fused-ring (bicyclic) bond motifs is 13. The number of ketones is 1. The van der Waals surface area contributed by atoms with E-state index in [2.05, 4.69) is 178 Å². The number of carbonyl (C=O) groups is 1. The van der Waals surface area contributed by atoms with Gasteiger partial charge in [0.25, 0.3) is 0 Å². The van der Waals surface area contributed by atoms with Crippen molar-refractivity contribution in [3.63, 3.8) is 0 Å². The second-order valence-electron chi connectivity index (χ2n) is 22.5. The largest absolute Gasteiger partial charge is 0.289 e. The van der Waals surface area contributed by atoms with Gasteiger partial charge in [-0.1, -0.05) is 202 Å². The molecule has 3 aliphatic rings. The zero-order valence-electron chi connectivity index (χ0n) is 46.4. The molecular weight excluding hydrogens is 1170 g/mol. The summed E-state index contributed by atoms with van der Waals surface area (Å²) in [6.45, 7) is 8.68. The maximum Gasteiger partial charge on any atom is 0.194 e. The number of hydrogen-bond donors (Lipinski definition) is 0. The number of rotatable bonds is 7. The van der Waals surface area contributed by atoms with Crippen LogP contribution >= 0.6 is 68.0 Å². The van der Waals surface area contributed by atoms with Gasteiger partial charge in [0.15, 0.2) is 25.1 Å². The quantitative estimate of drug-likeness (QED) is 0.115. The van der Waals surface area contributed by atoms with E-state index in [1.807, 2.05) is 35.1 Å². The number of nitrogens with zero attached hydrogens (tertiary/aromatic N) is 6. The van der Waals surface area contributed by atoms with E-state index in [0.717, 1.165) is 44.5 Å². The minimum atomic E-state index is -0.719. The second kappa shape index (κ2) is 18.9. The third-order valence-electron chi connectivity index (χ3n) is 17.6. The summed E-state index contributed by atoms with van der Waals surface area (Å²) < 4.78 is 2.44. The van der Waals surface area contributed by atoms with E-state index in [-0.39, 0.29) is 11.4 Å². The number of thiophene rings is 2. The molecule has 7 nitrogen and oxygen atoms in total. The van der Waals surface area contributed by atoms with Gasteiger partial charge in [-0.25, -0.2) is 19.9 Å². The topological polar surface area (TPSA) is 116 Å². The Morgan fingerprint density at radius 3 is 1.38 bits per heavy atom. The van der Waals surface area contributed by atoms with Gasteiger partial charge in [-0.15, -0.1) is 34.0 Å². The molecule has 0 fully saturated rings. The Morgan fingerprint density at radius 2 is 0.919 bits per heavy atom. The number of allylic oxidation sites excluding steroid dienone is 3. The Kier molecular flexibility index (Phi) is 11.3. The molecular formula is C73H42N6OS6. The van der Waals surface area contributed by atoms with Gasteiger partial charge in [-0.2, -0.15) is 10.5 Å². The Balaban J connectivity index is 0.919. The SMILES string of the molecule is Cc1ccc(C2(c3ccc(C)cc3)c3cc4c(cc3-c3c2ccc2cc(-c5nc6scnc6s5)sc32)C(c2ccc(C)cc2)(c2ccc(C)cc2)c2ccc3cc(-c5nc6sc(/C=C7\C(=O)c8ccccc8C7=C(C#N)C#N)nc6s5)sc3c2-4)cc1. The molecule has 0 radical (unpaired) electrons.